The van der Waals surface area contributed by atoms with Crippen molar-refractivity contribution in [3.8, 4) is 5.75 Å². The molecule has 1 aromatic rings. The van der Waals surface area contributed by atoms with Gasteiger partial charge in [-0.3, -0.25) is 4.79 Å². The van der Waals surface area contributed by atoms with Gasteiger partial charge in [-0.2, -0.15) is 0 Å². The van der Waals surface area contributed by atoms with Gasteiger partial charge in [0.15, 0.2) is 5.60 Å². The van der Waals surface area contributed by atoms with Gasteiger partial charge in [-0.1, -0.05) is 12.1 Å². The molecule has 1 rings (SSSR count). The number of aliphatic hydroxyl groups is 1. The van der Waals surface area contributed by atoms with Crippen molar-refractivity contribution in [2.45, 2.75) is 19.4 Å². The molecule has 0 heterocycles. The third kappa shape index (κ3) is 2.98. The topological polar surface area (TPSA) is 107 Å². The summed E-state index contributed by atoms with van der Waals surface area (Å²) in [4.78, 5) is 22.4. The number of carbonyl (C=O) groups is 2. The van der Waals surface area contributed by atoms with E-state index in [0.29, 0.717) is 5.56 Å². The molecule has 0 saturated carbocycles. The second-order valence-electron chi connectivity index (χ2n) is 4.23. The van der Waals surface area contributed by atoms with Gasteiger partial charge in [0.1, 0.15) is 5.75 Å². The molecular weight excluding hydrogens is 238 g/mol. The Hall–Kier alpha value is -2.08. The van der Waals surface area contributed by atoms with Gasteiger partial charge < -0.3 is 20.6 Å². The summed E-state index contributed by atoms with van der Waals surface area (Å²) in [5.41, 5.74) is -1.47. The fraction of sp³-hybridized carbons (Fsp3) is 0.333. The molecule has 0 aliphatic rings. The molecule has 1 atom stereocenters. The predicted molar refractivity (Wildman–Crippen MR) is 63.4 cm³/mol. The van der Waals surface area contributed by atoms with Crippen molar-refractivity contribution in [2.75, 3.05) is 6.54 Å². The largest absolute Gasteiger partial charge is 0.507 e. The van der Waals surface area contributed by atoms with Crippen LogP contribution in [0, 0.1) is 6.92 Å². The standard InChI is InChI=1S/C12H15NO5/c1-7-4-3-5-8(9(7)14)10(15)13-6-12(2,18)11(16)17/h3-5,14,18H,6H2,1-2H3,(H,13,15)(H,16,17). The van der Waals surface area contributed by atoms with E-state index in [4.69, 9.17) is 5.11 Å². The van der Waals surface area contributed by atoms with E-state index in [1.54, 1.807) is 19.1 Å². The zero-order valence-corrected chi connectivity index (χ0v) is 10.1. The molecule has 18 heavy (non-hydrogen) atoms. The number of aliphatic carboxylic acids is 1. The maximum atomic E-state index is 11.7. The van der Waals surface area contributed by atoms with Crippen molar-refractivity contribution < 1.29 is 24.9 Å². The van der Waals surface area contributed by atoms with Gasteiger partial charge in [0.25, 0.3) is 5.91 Å². The highest BCUT2D eigenvalue weighted by molar-refractivity contribution is 5.97. The van der Waals surface area contributed by atoms with Crippen LogP contribution < -0.4 is 5.32 Å². The number of benzene rings is 1. The van der Waals surface area contributed by atoms with Crippen molar-refractivity contribution in [1.82, 2.24) is 5.32 Å². The molecule has 1 aromatic carbocycles. The Bertz CT molecular complexity index is 481. The molecule has 0 radical (unpaired) electrons. The number of hydrogen-bond donors (Lipinski definition) is 4. The number of nitrogens with one attached hydrogen (secondary N) is 1. The number of carboxylic acids is 1. The Morgan fingerprint density at radius 3 is 2.56 bits per heavy atom. The number of rotatable bonds is 4. The Labute approximate surface area is 104 Å². The van der Waals surface area contributed by atoms with Gasteiger partial charge in [0, 0.05) is 0 Å². The molecule has 0 aliphatic carbocycles. The third-order valence-corrected chi connectivity index (χ3v) is 2.54. The van der Waals surface area contributed by atoms with Crippen molar-refractivity contribution in [3.05, 3.63) is 29.3 Å². The smallest absolute Gasteiger partial charge is 0.337 e. The van der Waals surface area contributed by atoms with Crippen LogP contribution in [-0.4, -0.2) is 39.3 Å². The molecule has 4 N–H and O–H groups in total. The molecule has 1 amide bonds. The van der Waals surface area contributed by atoms with E-state index in [9.17, 15) is 19.8 Å². The summed E-state index contributed by atoms with van der Waals surface area (Å²) in [5.74, 6) is -2.24. The minimum Gasteiger partial charge on any atom is -0.507 e. The van der Waals surface area contributed by atoms with Crippen molar-refractivity contribution in [1.29, 1.82) is 0 Å². The Morgan fingerprint density at radius 1 is 1.39 bits per heavy atom. The van der Waals surface area contributed by atoms with Gasteiger partial charge in [-0.25, -0.2) is 4.79 Å². The van der Waals surface area contributed by atoms with Crippen LogP contribution in [0.1, 0.15) is 22.8 Å². The highest BCUT2D eigenvalue weighted by Crippen LogP contribution is 2.21. The molecule has 0 aliphatic heterocycles. The lowest BCUT2D eigenvalue weighted by Gasteiger charge is -2.18. The minimum absolute atomic E-state index is 0.0381. The first-order valence-electron chi connectivity index (χ1n) is 5.28. The van der Waals surface area contributed by atoms with Crippen molar-refractivity contribution in [3.63, 3.8) is 0 Å². The van der Waals surface area contributed by atoms with Crippen molar-refractivity contribution >= 4 is 11.9 Å². The summed E-state index contributed by atoms with van der Waals surface area (Å²) in [6.45, 7) is 2.26. The molecule has 1 unspecified atom stereocenters. The lowest BCUT2D eigenvalue weighted by molar-refractivity contribution is -0.155. The van der Waals surface area contributed by atoms with Crippen LogP contribution in [0.2, 0.25) is 0 Å². The van der Waals surface area contributed by atoms with Crippen LogP contribution in [0.15, 0.2) is 18.2 Å². The number of aryl methyl sites for hydroxylation is 1. The minimum atomic E-state index is -2.05. The maximum absolute atomic E-state index is 11.7. The summed E-state index contributed by atoms with van der Waals surface area (Å²) in [5, 5.41) is 30.0. The molecule has 0 bridgehead atoms. The number of carboxylic acid groups (broad SMARTS) is 1. The monoisotopic (exact) mass is 253 g/mol. The third-order valence-electron chi connectivity index (χ3n) is 2.54. The number of phenolic OH excluding ortho intramolecular Hbond substituents is 1. The molecule has 0 fully saturated rings. The normalized spacial score (nSPS) is 13.7. The van der Waals surface area contributed by atoms with E-state index >= 15 is 0 Å². The quantitative estimate of drug-likeness (QED) is 0.616. The summed E-state index contributed by atoms with van der Waals surface area (Å²) in [6.07, 6.45) is 0. The molecule has 0 spiro atoms. The predicted octanol–water partition coefficient (Wildman–Crippen LogP) is 0.266. The van der Waals surface area contributed by atoms with E-state index in [1.807, 2.05) is 0 Å². The van der Waals surface area contributed by atoms with Crippen molar-refractivity contribution in [2.24, 2.45) is 0 Å². The van der Waals surface area contributed by atoms with Gasteiger partial charge in [0.2, 0.25) is 0 Å². The molecule has 6 heteroatoms. The molecule has 98 valence electrons. The molecule has 0 saturated heterocycles. The zero-order valence-electron chi connectivity index (χ0n) is 10.1. The number of phenols is 1. The lowest BCUT2D eigenvalue weighted by Crippen LogP contribution is -2.46. The fourth-order valence-corrected chi connectivity index (χ4v) is 1.27. The van der Waals surface area contributed by atoms with Crippen LogP contribution in [0.25, 0.3) is 0 Å². The van der Waals surface area contributed by atoms with E-state index in [2.05, 4.69) is 5.32 Å². The Kier molecular flexibility index (Phi) is 3.93. The average molecular weight is 253 g/mol. The second-order valence-corrected chi connectivity index (χ2v) is 4.23. The first kappa shape index (κ1) is 14.0. The van der Waals surface area contributed by atoms with E-state index in [1.165, 1.54) is 6.07 Å². The number of carbonyl (C=O) groups excluding carboxylic acids is 1. The summed E-state index contributed by atoms with van der Waals surface area (Å²) >= 11 is 0. The summed E-state index contributed by atoms with van der Waals surface area (Å²) in [6, 6.07) is 4.64. The van der Waals surface area contributed by atoms with Gasteiger partial charge in [-0.15, -0.1) is 0 Å². The van der Waals surface area contributed by atoms with Gasteiger partial charge in [0.05, 0.1) is 12.1 Å². The molecule has 6 nitrogen and oxygen atoms in total. The maximum Gasteiger partial charge on any atom is 0.337 e. The fourth-order valence-electron chi connectivity index (χ4n) is 1.27. The van der Waals surface area contributed by atoms with Gasteiger partial charge in [-0.05, 0) is 25.5 Å². The Morgan fingerprint density at radius 2 is 2.00 bits per heavy atom. The highest BCUT2D eigenvalue weighted by Gasteiger charge is 2.30. The van der Waals surface area contributed by atoms with Crippen LogP contribution in [0.3, 0.4) is 0 Å². The van der Waals surface area contributed by atoms with E-state index < -0.39 is 24.0 Å². The first-order valence-corrected chi connectivity index (χ1v) is 5.28. The van der Waals surface area contributed by atoms with E-state index in [0.717, 1.165) is 6.92 Å². The SMILES string of the molecule is Cc1cccc(C(=O)NCC(C)(O)C(=O)O)c1O. The first-order chi connectivity index (χ1) is 8.25. The lowest BCUT2D eigenvalue weighted by atomic mass is 10.1. The van der Waals surface area contributed by atoms with Crippen LogP contribution in [-0.2, 0) is 4.79 Å². The molecule has 0 aromatic heterocycles. The Balaban J connectivity index is 2.78. The number of hydrogen-bond acceptors (Lipinski definition) is 4. The van der Waals surface area contributed by atoms with E-state index in [-0.39, 0.29) is 11.3 Å². The average Bonchev–Trinajstić information content (AvgIpc) is 2.29. The summed E-state index contributed by atoms with van der Waals surface area (Å²) in [7, 11) is 0. The molecular formula is C12H15NO5. The number of amides is 1. The zero-order chi connectivity index (χ0) is 13.9. The van der Waals surface area contributed by atoms with Crippen LogP contribution >= 0.6 is 0 Å². The second kappa shape index (κ2) is 5.05. The van der Waals surface area contributed by atoms with Crippen LogP contribution in [0.4, 0.5) is 0 Å². The number of para-hydroxylation sites is 1. The summed E-state index contributed by atoms with van der Waals surface area (Å²) < 4.78 is 0. The van der Waals surface area contributed by atoms with Gasteiger partial charge >= 0.3 is 5.97 Å². The highest BCUT2D eigenvalue weighted by atomic mass is 16.4. The number of aromatic hydroxyl groups is 1. The van der Waals surface area contributed by atoms with Crippen LogP contribution in [0.5, 0.6) is 5.75 Å².